The highest BCUT2D eigenvalue weighted by atomic mass is 15.2. The molecule has 0 aliphatic carbocycles. The summed E-state index contributed by atoms with van der Waals surface area (Å²) in [6.07, 6.45) is 0.764. The second-order valence-electron chi connectivity index (χ2n) is 5.59. The fourth-order valence-electron chi connectivity index (χ4n) is 1.74. The third kappa shape index (κ3) is 2.96. The maximum Gasteiger partial charge on any atom is 0.156 e. The van der Waals surface area contributed by atoms with E-state index < -0.39 is 0 Å². The summed E-state index contributed by atoms with van der Waals surface area (Å²) < 4.78 is 0. The molecule has 1 heterocycles. The first-order valence-electron chi connectivity index (χ1n) is 6.19. The molecular formula is C14H20N4. The van der Waals surface area contributed by atoms with Crippen LogP contribution in [0.3, 0.4) is 0 Å². The highest BCUT2D eigenvalue weighted by molar-refractivity contribution is 5.17. The molecule has 2 aromatic rings. The zero-order chi connectivity index (χ0) is 13.2. The third-order valence-electron chi connectivity index (χ3n) is 2.82. The maximum absolute atomic E-state index is 6.15. The summed E-state index contributed by atoms with van der Waals surface area (Å²) in [6, 6.07) is 10.0. The minimum absolute atomic E-state index is 0.0543. The van der Waals surface area contributed by atoms with E-state index in [1.165, 1.54) is 5.56 Å². The second-order valence-corrected chi connectivity index (χ2v) is 5.59. The van der Waals surface area contributed by atoms with Crippen LogP contribution in [0.5, 0.6) is 0 Å². The summed E-state index contributed by atoms with van der Waals surface area (Å²) in [7, 11) is 0. The number of hydrogen-bond acceptors (Lipinski definition) is 3. The molecule has 1 aromatic heterocycles. The van der Waals surface area contributed by atoms with Gasteiger partial charge >= 0.3 is 0 Å². The van der Waals surface area contributed by atoms with Gasteiger partial charge in [-0.05, 0) is 12.0 Å². The zero-order valence-electron chi connectivity index (χ0n) is 11.1. The lowest BCUT2D eigenvalue weighted by Crippen LogP contribution is -2.16. The predicted octanol–water partition coefficient (Wildman–Crippen LogP) is 2.34. The summed E-state index contributed by atoms with van der Waals surface area (Å²) in [4.78, 5) is 4.49. The number of aromatic amines is 1. The van der Waals surface area contributed by atoms with Crippen LogP contribution in [0.1, 0.15) is 44.0 Å². The van der Waals surface area contributed by atoms with Gasteiger partial charge in [0.2, 0.25) is 0 Å². The van der Waals surface area contributed by atoms with E-state index in [0.717, 1.165) is 18.1 Å². The van der Waals surface area contributed by atoms with Gasteiger partial charge < -0.3 is 5.73 Å². The van der Waals surface area contributed by atoms with Crippen LogP contribution < -0.4 is 5.73 Å². The molecule has 4 heteroatoms. The van der Waals surface area contributed by atoms with Crippen LogP contribution >= 0.6 is 0 Å². The molecule has 4 nitrogen and oxygen atoms in total. The molecule has 0 aliphatic heterocycles. The van der Waals surface area contributed by atoms with Gasteiger partial charge in [-0.15, -0.1) is 0 Å². The lowest BCUT2D eigenvalue weighted by Gasteiger charge is -2.12. The molecule has 2 rings (SSSR count). The highest BCUT2D eigenvalue weighted by Gasteiger charge is 2.21. The van der Waals surface area contributed by atoms with Crippen molar-refractivity contribution in [1.29, 1.82) is 0 Å². The van der Waals surface area contributed by atoms with Crippen LogP contribution in [0.4, 0.5) is 0 Å². The Morgan fingerprint density at radius 3 is 2.44 bits per heavy atom. The number of hydrogen-bond donors (Lipinski definition) is 2. The van der Waals surface area contributed by atoms with Crippen LogP contribution in [0, 0.1) is 0 Å². The summed E-state index contributed by atoms with van der Waals surface area (Å²) in [5, 5.41) is 7.18. The zero-order valence-corrected chi connectivity index (χ0v) is 11.1. The summed E-state index contributed by atoms with van der Waals surface area (Å²) >= 11 is 0. The topological polar surface area (TPSA) is 67.6 Å². The molecule has 0 radical (unpaired) electrons. The first-order valence-corrected chi connectivity index (χ1v) is 6.19. The number of benzene rings is 1. The Morgan fingerprint density at radius 1 is 1.22 bits per heavy atom. The first kappa shape index (κ1) is 12.8. The predicted molar refractivity (Wildman–Crippen MR) is 72.2 cm³/mol. The second kappa shape index (κ2) is 4.90. The maximum atomic E-state index is 6.15. The van der Waals surface area contributed by atoms with Gasteiger partial charge in [-0.25, -0.2) is 4.98 Å². The Hall–Kier alpha value is -1.68. The van der Waals surface area contributed by atoms with Gasteiger partial charge in [-0.1, -0.05) is 51.1 Å². The third-order valence-corrected chi connectivity index (χ3v) is 2.82. The molecule has 1 aromatic carbocycles. The van der Waals surface area contributed by atoms with E-state index in [0.29, 0.717) is 0 Å². The van der Waals surface area contributed by atoms with Gasteiger partial charge in [0.15, 0.2) is 5.82 Å². The Morgan fingerprint density at radius 2 is 1.89 bits per heavy atom. The molecule has 18 heavy (non-hydrogen) atoms. The average Bonchev–Trinajstić information content (AvgIpc) is 2.79. The normalized spacial score (nSPS) is 13.6. The van der Waals surface area contributed by atoms with Gasteiger partial charge in [0.25, 0.3) is 0 Å². The Bertz CT molecular complexity index is 496. The molecule has 0 saturated carbocycles. The van der Waals surface area contributed by atoms with Gasteiger partial charge in [0, 0.05) is 5.41 Å². The standard InChI is InChI=1S/C14H20N4/c1-14(2,3)13-16-12(17-18-13)11(15)9-10-7-5-4-6-8-10/h4-8,11H,9,15H2,1-3H3,(H,16,17,18)/t11-/m1/s1. The number of nitrogens with two attached hydrogens (primary N) is 1. The molecule has 3 N–H and O–H groups in total. The van der Waals surface area contributed by atoms with Crippen LogP contribution in [0.25, 0.3) is 0 Å². The summed E-state index contributed by atoms with van der Waals surface area (Å²) in [5.74, 6) is 1.56. The molecule has 0 amide bonds. The van der Waals surface area contributed by atoms with Crippen LogP contribution in [-0.4, -0.2) is 15.2 Å². The van der Waals surface area contributed by atoms with Gasteiger partial charge in [-0.3, -0.25) is 5.10 Å². The smallest absolute Gasteiger partial charge is 0.156 e. The molecule has 0 spiro atoms. The van der Waals surface area contributed by atoms with Crippen LogP contribution in [-0.2, 0) is 11.8 Å². The average molecular weight is 244 g/mol. The summed E-state index contributed by atoms with van der Waals surface area (Å²) in [6.45, 7) is 6.26. The molecule has 0 bridgehead atoms. The van der Waals surface area contributed by atoms with E-state index in [1.807, 2.05) is 18.2 Å². The quantitative estimate of drug-likeness (QED) is 0.870. The van der Waals surface area contributed by atoms with E-state index in [2.05, 4.69) is 48.1 Å². The molecule has 0 unspecified atom stereocenters. The largest absolute Gasteiger partial charge is 0.321 e. The van der Waals surface area contributed by atoms with E-state index in [4.69, 9.17) is 5.73 Å². The SMILES string of the molecule is CC(C)(C)c1n[nH]c([C@H](N)Cc2ccccc2)n1. The number of aromatic nitrogens is 3. The summed E-state index contributed by atoms with van der Waals surface area (Å²) in [5.41, 5.74) is 7.30. The molecular weight excluding hydrogens is 224 g/mol. The monoisotopic (exact) mass is 244 g/mol. The van der Waals surface area contributed by atoms with Crippen molar-refractivity contribution in [3.63, 3.8) is 0 Å². The molecule has 0 saturated heterocycles. The number of nitrogens with zero attached hydrogens (tertiary/aromatic N) is 2. The minimum atomic E-state index is -0.143. The fraction of sp³-hybridized carbons (Fsp3) is 0.429. The molecule has 0 fully saturated rings. The van der Waals surface area contributed by atoms with E-state index >= 15 is 0 Å². The van der Waals surface area contributed by atoms with E-state index in [9.17, 15) is 0 Å². The lowest BCUT2D eigenvalue weighted by molar-refractivity contribution is 0.546. The van der Waals surface area contributed by atoms with Crippen molar-refractivity contribution in [2.75, 3.05) is 0 Å². The molecule has 96 valence electrons. The van der Waals surface area contributed by atoms with Crippen molar-refractivity contribution in [1.82, 2.24) is 15.2 Å². The minimum Gasteiger partial charge on any atom is -0.321 e. The first-order chi connectivity index (χ1) is 8.47. The van der Waals surface area contributed by atoms with Gasteiger partial charge in [-0.2, -0.15) is 5.10 Å². The number of rotatable bonds is 3. The van der Waals surface area contributed by atoms with Gasteiger partial charge in [0.05, 0.1) is 6.04 Å². The van der Waals surface area contributed by atoms with Crippen LogP contribution in [0.15, 0.2) is 30.3 Å². The Labute approximate surface area is 108 Å². The lowest BCUT2D eigenvalue weighted by atomic mass is 9.96. The van der Waals surface area contributed by atoms with Crippen molar-refractivity contribution in [2.45, 2.75) is 38.6 Å². The molecule has 0 aliphatic rings. The van der Waals surface area contributed by atoms with Crippen molar-refractivity contribution in [3.05, 3.63) is 47.5 Å². The number of H-pyrrole nitrogens is 1. The Balaban J connectivity index is 2.10. The van der Waals surface area contributed by atoms with E-state index in [1.54, 1.807) is 0 Å². The van der Waals surface area contributed by atoms with Crippen molar-refractivity contribution in [3.8, 4) is 0 Å². The van der Waals surface area contributed by atoms with Crippen molar-refractivity contribution < 1.29 is 0 Å². The van der Waals surface area contributed by atoms with Crippen LogP contribution in [0.2, 0.25) is 0 Å². The van der Waals surface area contributed by atoms with Gasteiger partial charge in [0.1, 0.15) is 5.82 Å². The number of nitrogens with one attached hydrogen (secondary N) is 1. The van der Waals surface area contributed by atoms with E-state index in [-0.39, 0.29) is 11.5 Å². The highest BCUT2D eigenvalue weighted by Crippen LogP contribution is 2.19. The molecule has 1 atom stereocenters. The Kier molecular flexibility index (Phi) is 3.48. The fourth-order valence-corrected chi connectivity index (χ4v) is 1.74. The van der Waals surface area contributed by atoms with Crippen molar-refractivity contribution >= 4 is 0 Å². The van der Waals surface area contributed by atoms with Crippen molar-refractivity contribution in [2.24, 2.45) is 5.73 Å².